The van der Waals surface area contributed by atoms with E-state index in [-0.39, 0.29) is 43.1 Å². The van der Waals surface area contributed by atoms with Crippen molar-refractivity contribution < 1.29 is 24.3 Å². The summed E-state index contributed by atoms with van der Waals surface area (Å²) >= 11 is 1.58. The topological polar surface area (TPSA) is 238 Å². The Balaban J connectivity index is 0.711. The number of amides is 4. The summed E-state index contributed by atoms with van der Waals surface area (Å²) in [6.07, 6.45) is 18.9. The van der Waals surface area contributed by atoms with Crippen LogP contribution < -0.4 is 31.9 Å². The maximum Gasteiger partial charge on any atom is 0.246 e. The van der Waals surface area contributed by atoms with Crippen molar-refractivity contribution in [3.63, 3.8) is 0 Å². The number of benzene rings is 2. The van der Waals surface area contributed by atoms with Crippen molar-refractivity contribution in [3.05, 3.63) is 96.3 Å². The standard InChI is InChI=1S/C55H73N13O5S/c1-37-49(74-36-61-37)39-20-18-38(19-21-39)31-60-53(72)45-30-42(69)34-68(45)54(73)50(55(2,3)4)65-48(71)17-15-13-11-9-7-6-8-10-12-14-16-47(70)58-26-28-66(5)41-24-22-40(23-25-41)62-51-52-59-27-29-67(52)35-44(64-51)43-32-57-33-46(56)63-43/h18-25,27,29,32-33,35-36,42,45,50,69H,6-17,26,28,30-31,34H2,1-5H3,(H2,56,63)(H,58,70)(H,60,72)(H,62,64)(H,65,71)/t42-,45+,50-/m1/s1. The van der Waals surface area contributed by atoms with Crippen molar-refractivity contribution in [2.75, 3.05) is 42.6 Å². The molecule has 7 N–H and O–H groups in total. The normalized spacial score (nSPS) is 15.0. The maximum atomic E-state index is 14.0. The van der Waals surface area contributed by atoms with Crippen LogP contribution in [0.3, 0.4) is 0 Å². The smallest absolute Gasteiger partial charge is 0.246 e. The van der Waals surface area contributed by atoms with Crippen LogP contribution in [-0.2, 0) is 25.7 Å². The minimum Gasteiger partial charge on any atom is -0.391 e. The van der Waals surface area contributed by atoms with Gasteiger partial charge < -0.3 is 46.3 Å². The quantitative estimate of drug-likeness (QED) is 0.0283. The van der Waals surface area contributed by atoms with E-state index >= 15 is 0 Å². The zero-order valence-electron chi connectivity index (χ0n) is 43.5. The first kappa shape index (κ1) is 54.8. The average Bonchev–Trinajstić information content (AvgIpc) is 4.15. The fraction of sp³-hybridized carbons (Fsp3) is 0.473. The number of aromatic nitrogens is 6. The largest absolute Gasteiger partial charge is 0.391 e. The van der Waals surface area contributed by atoms with E-state index in [2.05, 4.69) is 46.1 Å². The molecule has 74 heavy (non-hydrogen) atoms. The predicted octanol–water partition coefficient (Wildman–Crippen LogP) is 7.99. The van der Waals surface area contributed by atoms with Crippen LogP contribution >= 0.6 is 11.3 Å². The molecule has 394 valence electrons. The number of anilines is 4. The highest BCUT2D eigenvalue weighted by Crippen LogP contribution is 2.30. The Morgan fingerprint density at radius 3 is 2.18 bits per heavy atom. The second-order valence-corrected chi connectivity index (χ2v) is 21.2. The Labute approximate surface area is 438 Å². The molecule has 0 radical (unpaired) electrons. The average molecular weight is 1030 g/mol. The molecule has 0 saturated carbocycles. The third-order valence-electron chi connectivity index (χ3n) is 13.4. The van der Waals surface area contributed by atoms with E-state index in [0.29, 0.717) is 54.6 Å². The van der Waals surface area contributed by atoms with Crippen molar-refractivity contribution in [2.45, 2.75) is 136 Å². The number of aliphatic hydroxyl groups excluding tert-OH is 1. The molecule has 2 aromatic carbocycles. The molecule has 0 spiro atoms. The lowest BCUT2D eigenvalue weighted by molar-refractivity contribution is -0.144. The summed E-state index contributed by atoms with van der Waals surface area (Å²) in [6.45, 7) is 9.22. The number of hydrogen-bond donors (Lipinski definition) is 6. The molecule has 3 atom stereocenters. The summed E-state index contributed by atoms with van der Waals surface area (Å²) in [6, 6.07) is 14.3. The Bertz CT molecular complexity index is 2790. The monoisotopic (exact) mass is 1030 g/mol. The van der Waals surface area contributed by atoms with Gasteiger partial charge in [0.05, 0.1) is 34.6 Å². The van der Waals surface area contributed by atoms with Gasteiger partial charge >= 0.3 is 0 Å². The van der Waals surface area contributed by atoms with Crippen LogP contribution in [-0.4, -0.2) is 108 Å². The third-order valence-corrected chi connectivity index (χ3v) is 14.4. The van der Waals surface area contributed by atoms with E-state index in [1.807, 2.05) is 106 Å². The molecule has 1 fully saturated rings. The molecule has 7 rings (SSSR count). The van der Waals surface area contributed by atoms with Gasteiger partial charge in [-0.2, -0.15) is 0 Å². The van der Waals surface area contributed by atoms with E-state index < -0.39 is 23.6 Å². The fourth-order valence-corrected chi connectivity index (χ4v) is 9.97. The summed E-state index contributed by atoms with van der Waals surface area (Å²) in [4.78, 5) is 79.9. The van der Waals surface area contributed by atoms with Gasteiger partial charge in [-0.3, -0.25) is 24.2 Å². The number of likely N-dealkylation sites (N-methyl/N-ethyl adjacent to an activating group) is 1. The van der Waals surface area contributed by atoms with Gasteiger partial charge in [0.15, 0.2) is 11.5 Å². The van der Waals surface area contributed by atoms with E-state index in [4.69, 9.17) is 10.7 Å². The molecule has 1 aliphatic heterocycles. The summed E-state index contributed by atoms with van der Waals surface area (Å²) in [5.41, 5.74) is 13.7. The van der Waals surface area contributed by atoms with Gasteiger partial charge in [0.1, 0.15) is 29.3 Å². The fourth-order valence-electron chi connectivity index (χ4n) is 9.16. The molecule has 4 aromatic heterocycles. The molecule has 6 aromatic rings. The molecule has 0 aliphatic carbocycles. The number of nitrogen functional groups attached to an aromatic ring is 1. The number of β-amino-alcohol motifs (C(OH)–C–C–N with tert-alkyl or cyclic N) is 1. The van der Waals surface area contributed by atoms with Gasteiger partial charge in [-0.25, -0.2) is 19.9 Å². The molecule has 0 bridgehead atoms. The van der Waals surface area contributed by atoms with Crippen molar-refractivity contribution >= 4 is 63.6 Å². The number of carbonyl (C=O) groups excluding carboxylic acids is 4. The molecule has 0 unspecified atom stereocenters. The van der Waals surface area contributed by atoms with Crippen LogP contribution in [0.25, 0.3) is 27.5 Å². The number of nitrogens with two attached hydrogens (primary N) is 1. The van der Waals surface area contributed by atoms with Crippen molar-refractivity contribution in [1.82, 2.24) is 50.2 Å². The van der Waals surface area contributed by atoms with Gasteiger partial charge in [-0.05, 0) is 60.6 Å². The van der Waals surface area contributed by atoms with Crippen molar-refractivity contribution in [1.29, 1.82) is 0 Å². The van der Waals surface area contributed by atoms with Crippen LogP contribution in [0.4, 0.5) is 23.0 Å². The van der Waals surface area contributed by atoms with Gasteiger partial charge in [0.2, 0.25) is 23.6 Å². The van der Waals surface area contributed by atoms with Crippen molar-refractivity contribution in [3.8, 4) is 21.8 Å². The molecule has 19 heteroatoms. The zero-order chi connectivity index (χ0) is 52.6. The number of thiazole rings is 1. The van der Waals surface area contributed by atoms with Crippen LogP contribution in [0.15, 0.2) is 85.0 Å². The van der Waals surface area contributed by atoms with Crippen LogP contribution in [0.2, 0.25) is 0 Å². The van der Waals surface area contributed by atoms with Gasteiger partial charge in [-0.15, -0.1) is 11.3 Å². The zero-order valence-corrected chi connectivity index (χ0v) is 44.3. The Kier molecular flexibility index (Phi) is 19.5. The lowest BCUT2D eigenvalue weighted by Crippen LogP contribution is -2.57. The summed E-state index contributed by atoms with van der Waals surface area (Å²) in [5.74, 6) is 0.0987. The predicted molar refractivity (Wildman–Crippen MR) is 291 cm³/mol. The number of aryl methyl sites for hydroxylation is 1. The lowest BCUT2D eigenvalue weighted by Gasteiger charge is -2.35. The number of hydrogen-bond acceptors (Lipinski definition) is 14. The number of nitrogens with one attached hydrogen (secondary N) is 4. The number of fused-ring (bicyclic) bond motifs is 1. The van der Waals surface area contributed by atoms with Crippen LogP contribution in [0, 0.1) is 12.3 Å². The first-order chi connectivity index (χ1) is 35.6. The molecule has 1 aliphatic rings. The first-order valence-electron chi connectivity index (χ1n) is 25.9. The van der Waals surface area contributed by atoms with E-state index in [9.17, 15) is 24.3 Å². The SMILES string of the molecule is Cc1ncsc1-c1ccc(CNC(=O)[C@@H]2C[C@@H](O)CN2C(=O)[C@@H](NC(=O)CCCCCCCCCCCCC(=O)NCCN(C)c2ccc(Nc3nc(-c4cncc(N)n4)cn4ccnc34)cc2)C(C)(C)C)cc1. The lowest BCUT2D eigenvalue weighted by atomic mass is 9.85. The summed E-state index contributed by atoms with van der Waals surface area (Å²) in [5, 5.41) is 23.0. The molecule has 5 heterocycles. The number of carbonyl (C=O) groups is 4. The van der Waals surface area contributed by atoms with Gasteiger partial charge in [0, 0.05) is 82.5 Å². The van der Waals surface area contributed by atoms with Crippen molar-refractivity contribution in [2.24, 2.45) is 5.41 Å². The maximum absolute atomic E-state index is 14.0. The van der Waals surface area contributed by atoms with Crippen LogP contribution in [0.5, 0.6) is 0 Å². The van der Waals surface area contributed by atoms with E-state index in [1.165, 1.54) is 11.1 Å². The summed E-state index contributed by atoms with van der Waals surface area (Å²) < 4.78 is 1.88. The summed E-state index contributed by atoms with van der Waals surface area (Å²) in [7, 11) is 2.01. The molecular weight excluding hydrogens is 955 g/mol. The highest BCUT2D eigenvalue weighted by atomic mass is 32.1. The number of imidazole rings is 1. The first-order valence-corrected chi connectivity index (χ1v) is 26.8. The number of likely N-dealkylation sites (tertiary alicyclic amines) is 1. The third kappa shape index (κ3) is 15.5. The molecule has 18 nitrogen and oxygen atoms in total. The molecular formula is C55H73N13O5S. The minimum absolute atomic E-state index is 0.0366. The van der Waals surface area contributed by atoms with E-state index in [0.717, 1.165) is 97.3 Å². The molecule has 4 amide bonds. The molecule has 1 saturated heterocycles. The number of nitrogens with zero attached hydrogens (tertiary/aromatic N) is 8. The second-order valence-electron chi connectivity index (χ2n) is 20.4. The number of rotatable bonds is 26. The van der Waals surface area contributed by atoms with Crippen LogP contribution in [0.1, 0.15) is 115 Å². The highest BCUT2D eigenvalue weighted by Gasteiger charge is 2.44. The minimum atomic E-state index is -0.843. The number of unbranched alkanes of at least 4 members (excludes halogenated alkanes) is 9. The Hall–Kier alpha value is -6.99. The Morgan fingerprint density at radius 2 is 1.53 bits per heavy atom. The Morgan fingerprint density at radius 1 is 0.851 bits per heavy atom. The number of aliphatic hydroxyl groups is 1. The second kappa shape index (κ2) is 26.3. The highest BCUT2D eigenvalue weighted by molar-refractivity contribution is 7.13. The van der Waals surface area contributed by atoms with E-state index in [1.54, 1.807) is 23.7 Å². The van der Waals surface area contributed by atoms with Gasteiger partial charge in [0.25, 0.3) is 0 Å². The van der Waals surface area contributed by atoms with Gasteiger partial charge in [-0.1, -0.05) is 96.4 Å².